The Morgan fingerprint density at radius 3 is 2.39 bits per heavy atom. The Morgan fingerprint density at radius 2 is 1.89 bits per heavy atom. The topological polar surface area (TPSA) is 95.7 Å². The molecule has 1 aliphatic heterocycles. The van der Waals surface area contributed by atoms with Crippen molar-refractivity contribution in [1.29, 1.82) is 0 Å². The fraction of sp³-hybridized carbons (Fsp3) is 0.579. The van der Waals surface area contributed by atoms with Crippen molar-refractivity contribution in [2.75, 3.05) is 12.3 Å². The molecular formula is C19H29BClN3O4. The molecule has 1 aromatic heterocycles. The molecule has 0 atom stereocenters. The van der Waals surface area contributed by atoms with Gasteiger partial charge in [-0.1, -0.05) is 11.6 Å². The molecule has 0 saturated carbocycles. The minimum atomic E-state index is -0.670. The van der Waals surface area contributed by atoms with Crippen molar-refractivity contribution in [2.45, 2.75) is 65.3 Å². The Kier molecular flexibility index (Phi) is 6.38. The number of nitrogens with zero attached hydrogens (tertiary/aromatic N) is 1. The number of nitrogens with one attached hydrogen (secondary N) is 1. The third-order valence-electron chi connectivity index (χ3n) is 4.63. The molecule has 9 heteroatoms. The molecule has 7 nitrogen and oxygen atoms in total. The van der Waals surface area contributed by atoms with Crippen LogP contribution in [0.3, 0.4) is 0 Å². The highest BCUT2D eigenvalue weighted by atomic mass is 35.5. The second kappa shape index (κ2) is 7.93. The summed E-state index contributed by atoms with van der Waals surface area (Å²) in [6, 6.07) is 1.61. The van der Waals surface area contributed by atoms with Gasteiger partial charge in [0, 0.05) is 12.7 Å². The summed E-state index contributed by atoms with van der Waals surface area (Å²) in [5.41, 5.74) is 5.97. The maximum Gasteiger partial charge on any atom is 0.492 e. The van der Waals surface area contributed by atoms with E-state index in [9.17, 15) is 4.79 Å². The summed E-state index contributed by atoms with van der Waals surface area (Å²) < 4.78 is 17.5. The SMILES string of the molecule is CC(C)(C)OC(=O)NCC(=Cc1ncc(Cl)cc1N)B1OC(C)(C)C(C)(C)O1. The zero-order valence-electron chi connectivity index (χ0n) is 17.6. The molecule has 1 aliphatic rings. The van der Waals surface area contributed by atoms with E-state index in [-0.39, 0.29) is 6.54 Å². The summed E-state index contributed by atoms with van der Waals surface area (Å²) in [7, 11) is -0.670. The van der Waals surface area contributed by atoms with E-state index in [4.69, 9.17) is 31.4 Å². The number of ether oxygens (including phenoxy) is 1. The van der Waals surface area contributed by atoms with Crippen molar-refractivity contribution in [1.82, 2.24) is 10.3 Å². The average Bonchev–Trinajstić information content (AvgIpc) is 2.71. The molecular weight excluding hydrogens is 380 g/mol. The molecule has 0 aromatic carbocycles. The number of aromatic nitrogens is 1. The first-order valence-corrected chi connectivity index (χ1v) is 9.52. The Hall–Kier alpha value is -1.77. The van der Waals surface area contributed by atoms with Gasteiger partial charge in [0.25, 0.3) is 0 Å². The number of rotatable bonds is 4. The lowest BCUT2D eigenvalue weighted by molar-refractivity contribution is 0.00578. The zero-order chi connectivity index (χ0) is 21.3. The minimum absolute atomic E-state index is 0.148. The number of halogens is 1. The first-order chi connectivity index (χ1) is 12.7. The number of anilines is 1. The van der Waals surface area contributed by atoms with E-state index in [0.717, 1.165) is 0 Å². The smallest absolute Gasteiger partial charge is 0.444 e. The summed E-state index contributed by atoms with van der Waals surface area (Å²) >= 11 is 5.93. The van der Waals surface area contributed by atoms with Crippen LogP contribution in [0, 0.1) is 0 Å². The third kappa shape index (κ3) is 5.62. The first-order valence-electron chi connectivity index (χ1n) is 9.14. The summed E-state index contributed by atoms with van der Waals surface area (Å²) in [4.78, 5) is 16.4. The molecule has 1 aromatic rings. The maximum atomic E-state index is 12.1. The number of hydrogen-bond acceptors (Lipinski definition) is 6. The van der Waals surface area contributed by atoms with Crippen molar-refractivity contribution >= 4 is 36.6 Å². The van der Waals surface area contributed by atoms with Crippen LogP contribution in [0.2, 0.25) is 5.02 Å². The fourth-order valence-electron chi connectivity index (χ4n) is 2.45. The second-order valence-electron chi connectivity index (χ2n) is 8.79. The summed E-state index contributed by atoms with van der Waals surface area (Å²) in [6.07, 6.45) is 2.71. The lowest BCUT2D eigenvalue weighted by Crippen LogP contribution is -2.41. The van der Waals surface area contributed by atoms with Gasteiger partial charge < -0.3 is 25.1 Å². The van der Waals surface area contributed by atoms with E-state index < -0.39 is 30.0 Å². The molecule has 28 heavy (non-hydrogen) atoms. The molecule has 0 unspecified atom stereocenters. The number of carbonyl (C=O) groups excluding carboxylic acids is 1. The van der Waals surface area contributed by atoms with E-state index in [1.165, 1.54) is 6.20 Å². The van der Waals surface area contributed by atoms with E-state index in [0.29, 0.717) is 21.9 Å². The van der Waals surface area contributed by atoms with Crippen molar-refractivity contribution in [3.8, 4) is 0 Å². The van der Waals surface area contributed by atoms with Gasteiger partial charge in [-0.3, -0.25) is 4.98 Å². The van der Waals surface area contributed by atoms with Crippen molar-refractivity contribution < 1.29 is 18.8 Å². The van der Waals surface area contributed by atoms with E-state index in [1.807, 2.05) is 27.7 Å². The zero-order valence-corrected chi connectivity index (χ0v) is 18.3. The number of hydrogen-bond donors (Lipinski definition) is 2. The van der Waals surface area contributed by atoms with Crippen molar-refractivity contribution in [3.63, 3.8) is 0 Å². The highest BCUT2D eigenvalue weighted by molar-refractivity contribution is 6.56. The Bertz CT molecular complexity index is 759. The van der Waals surface area contributed by atoms with Crippen molar-refractivity contribution in [3.05, 3.63) is 28.5 Å². The van der Waals surface area contributed by atoms with Gasteiger partial charge in [-0.25, -0.2) is 4.79 Å². The Balaban J connectivity index is 2.28. The number of carbonyl (C=O) groups is 1. The number of nitrogen functional groups attached to an aromatic ring is 1. The van der Waals surface area contributed by atoms with Gasteiger partial charge in [-0.15, -0.1) is 0 Å². The van der Waals surface area contributed by atoms with Gasteiger partial charge in [0.05, 0.1) is 27.6 Å². The normalized spacial score (nSPS) is 18.9. The van der Waals surface area contributed by atoms with Gasteiger partial charge in [0.15, 0.2) is 0 Å². The van der Waals surface area contributed by atoms with E-state index in [1.54, 1.807) is 32.9 Å². The molecule has 2 rings (SSSR count). The fourth-order valence-corrected chi connectivity index (χ4v) is 2.61. The van der Waals surface area contributed by atoms with E-state index >= 15 is 0 Å². The second-order valence-corrected chi connectivity index (χ2v) is 9.23. The molecule has 2 heterocycles. The Labute approximate surface area is 172 Å². The van der Waals surface area contributed by atoms with Gasteiger partial charge in [0.1, 0.15) is 5.60 Å². The molecule has 154 valence electrons. The molecule has 1 saturated heterocycles. The summed E-state index contributed by atoms with van der Waals surface area (Å²) in [6.45, 7) is 13.4. The highest BCUT2D eigenvalue weighted by Gasteiger charge is 2.52. The van der Waals surface area contributed by atoms with Crippen LogP contribution in [0.15, 0.2) is 17.7 Å². The highest BCUT2D eigenvalue weighted by Crippen LogP contribution is 2.38. The lowest BCUT2D eigenvalue weighted by Gasteiger charge is -2.32. The third-order valence-corrected chi connectivity index (χ3v) is 4.84. The van der Waals surface area contributed by atoms with Gasteiger partial charge in [-0.05, 0) is 66.1 Å². The standard InChI is InChI=1S/C19H29BClN3O4/c1-17(2,3)26-16(25)24-10-12(8-15-14(22)9-13(21)11-23-15)20-27-18(4,5)19(6,7)28-20/h8-9,11H,10,22H2,1-7H3,(H,24,25). The average molecular weight is 410 g/mol. The van der Waals surface area contributed by atoms with Crippen LogP contribution in [0.5, 0.6) is 0 Å². The molecule has 0 spiro atoms. The molecule has 1 fully saturated rings. The van der Waals surface area contributed by atoms with E-state index in [2.05, 4.69) is 10.3 Å². The molecule has 0 radical (unpaired) electrons. The number of alkyl carbamates (subject to hydrolysis) is 1. The number of pyridine rings is 1. The maximum absolute atomic E-state index is 12.1. The largest absolute Gasteiger partial charge is 0.492 e. The van der Waals surface area contributed by atoms with Crippen LogP contribution < -0.4 is 11.1 Å². The summed E-state index contributed by atoms with van der Waals surface area (Å²) in [5.74, 6) is 0. The molecule has 3 N–H and O–H groups in total. The van der Waals surface area contributed by atoms with Crippen LogP contribution in [0.4, 0.5) is 10.5 Å². The lowest BCUT2D eigenvalue weighted by atomic mass is 9.77. The van der Waals surface area contributed by atoms with Gasteiger partial charge in [-0.2, -0.15) is 0 Å². The number of nitrogens with two attached hydrogens (primary N) is 1. The summed E-state index contributed by atoms with van der Waals surface area (Å²) in [5, 5.41) is 3.18. The first kappa shape index (κ1) is 22.5. The van der Waals surface area contributed by atoms with Crippen LogP contribution in [-0.4, -0.2) is 41.5 Å². The van der Waals surface area contributed by atoms with Crippen LogP contribution in [-0.2, 0) is 14.0 Å². The molecule has 1 amide bonds. The minimum Gasteiger partial charge on any atom is -0.444 e. The van der Waals surface area contributed by atoms with Crippen molar-refractivity contribution in [2.24, 2.45) is 0 Å². The monoisotopic (exact) mass is 409 g/mol. The number of amides is 1. The van der Waals surface area contributed by atoms with Crippen LogP contribution in [0.25, 0.3) is 6.08 Å². The van der Waals surface area contributed by atoms with Crippen LogP contribution >= 0.6 is 11.6 Å². The molecule has 0 aliphatic carbocycles. The quantitative estimate of drug-likeness (QED) is 0.733. The predicted molar refractivity (Wildman–Crippen MR) is 112 cm³/mol. The predicted octanol–water partition coefficient (Wildman–Crippen LogP) is 3.86. The van der Waals surface area contributed by atoms with Gasteiger partial charge in [0.2, 0.25) is 0 Å². The van der Waals surface area contributed by atoms with Crippen LogP contribution in [0.1, 0.15) is 54.2 Å². The van der Waals surface area contributed by atoms with Gasteiger partial charge >= 0.3 is 13.2 Å². The Morgan fingerprint density at radius 1 is 1.32 bits per heavy atom. The molecule has 0 bridgehead atoms.